The maximum absolute atomic E-state index is 12.7. The fourth-order valence-electron chi connectivity index (χ4n) is 1.92. The number of benzene rings is 1. The van der Waals surface area contributed by atoms with Gasteiger partial charge in [-0.1, -0.05) is 6.07 Å². The Hall–Kier alpha value is -2.35. The van der Waals surface area contributed by atoms with Crippen LogP contribution in [0.2, 0.25) is 0 Å². The Labute approximate surface area is 119 Å². The number of H-pyrrole nitrogens is 1. The molecule has 2 heterocycles. The van der Waals surface area contributed by atoms with Crippen LogP contribution < -0.4 is 0 Å². The van der Waals surface area contributed by atoms with Gasteiger partial charge in [0.05, 0.1) is 5.69 Å². The zero-order valence-corrected chi connectivity index (χ0v) is 11.0. The summed E-state index contributed by atoms with van der Waals surface area (Å²) < 4.78 is 38.5. The number of aromatic carboxylic acids is 1. The normalized spacial score (nSPS) is 12.0. The molecule has 0 saturated heterocycles. The van der Waals surface area contributed by atoms with Crippen LogP contribution in [0.1, 0.15) is 15.4 Å². The van der Waals surface area contributed by atoms with E-state index in [4.69, 9.17) is 5.11 Å². The Morgan fingerprint density at radius 3 is 2.62 bits per heavy atom. The van der Waals surface area contributed by atoms with E-state index in [1.807, 2.05) is 0 Å². The predicted octanol–water partition coefficient (Wildman–Crippen LogP) is 4.01. The molecule has 1 aromatic carbocycles. The molecule has 0 spiro atoms. The van der Waals surface area contributed by atoms with Crippen LogP contribution in [0.4, 0.5) is 13.2 Å². The van der Waals surface area contributed by atoms with Crippen molar-refractivity contribution in [2.75, 3.05) is 0 Å². The lowest BCUT2D eigenvalue weighted by atomic mass is 10.1. The minimum atomic E-state index is -4.37. The molecule has 0 atom stereocenters. The van der Waals surface area contributed by atoms with E-state index in [1.165, 1.54) is 6.07 Å². The molecular formula is C13H7F3N2O2S. The van der Waals surface area contributed by atoms with Crippen molar-refractivity contribution in [2.24, 2.45) is 0 Å². The Balaban J connectivity index is 2.05. The predicted molar refractivity (Wildman–Crippen MR) is 71.4 cm³/mol. The molecule has 0 radical (unpaired) electrons. The van der Waals surface area contributed by atoms with Crippen LogP contribution in [0.15, 0.2) is 30.3 Å². The average Bonchev–Trinajstić information content (AvgIpc) is 3.04. The van der Waals surface area contributed by atoms with Gasteiger partial charge in [-0.05, 0) is 29.7 Å². The Bertz CT molecular complexity index is 835. The SMILES string of the molecule is O=C(O)c1cc(-c2ccc3sc(C(F)(F)F)cc3c2)n[nH]1. The summed E-state index contributed by atoms with van der Waals surface area (Å²) in [5.74, 6) is -1.15. The van der Waals surface area contributed by atoms with Crippen molar-refractivity contribution in [1.29, 1.82) is 0 Å². The summed E-state index contributed by atoms with van der Waals surface area (Å²) in [7, 11) is 0. The number of nitrogens with one attached hydrogen (secondary N) is 1. The fourth-order valence-corrected chi connectivity index (χ4v) is 2.83. The number of thiophene rings is 1. The molecule has 8 heteroatoms. The minimum absolute atomic E-state index is 0.0774. The maximum atomic E-state index is 12.7. The quantitative estimate of drug-likeness (QED) is 0.751. The zero-order chi connectivity index (χ0) is 15.2. The number of aromatic amines is 1. The van der Waals surface area contributed by atoms with Gasteiger partial charge in [0.25, 0.3) is 0 Å². The summed E-state index contributed by atoms with van der Waals surface area (Å²) in [4.78, 5) is 10.1. The first-order valence-corrected chi connectivity index (χ1v) is 6.56. The van der Waals surface area contributed by atoms with Crippen molar-refractivity contribution < 1.29 is 23.1 Å². The molecule has 2 N–H and O–H groups in total. The van der Waals surface area contributed by atoms with Crippen LogP contribution in [-0.4, -0.2) is 21.3 Å². The topological polar surface area (TPSA) is 66.0 Å². The van der Waals surface area contributed by atoms with Gasteiger partial charge in [0, 0.05) is 10.3 Å². The minimum Gasteiger partial charge on any atom is -0.477 e. The molecular weight excluding hydrogens is 305 g/mol. The third kappa shape index (κ3) is 2.49. The number of halogens is 3. The van der Waals surface area contributed by atoms with E-state index in [-0.39, 0.29) is 5.69 Å². The number of hydrogen-bond acceptors (Lipinski definition) is 3. The molecule has 0 aliphatic rings. The number of nitrogens with zero attached hydrogens (tertiary/aromatic N) is 1. The van der Waals surface area contributed by atoms with Crippen molar-refractivity contribution in [2.45, 2.75) is 6.18 Å². The second kappa shape index (κ2) is 4.59. The van der Waals surface area contributed by atoms with Gasteiger partial charge in [0.1, 0.15) is 10.6 Å². The highest BCUT2D eigenvalue weighted by atomic mass is 32.1. The largest absolute Gasteiger partial charge is 0.477 e. The highest BCUT2D eigenvalue weighted by Gasteiger charge is 2.32. The summed E-state index contributed by atoms with van der Waals surface area (Å²) >= 11 is 0.671. The number of rotatable bonds is 2. The number of aromatic nitrogens is 2. The van der Waals surface area contributed by atoms with Crippen molar-refractivity contribution in [3.05, 3.63) is 40.9 Å². The molecule has 21 heavy (non-hydrogen) atoms. The van der Waals surface area contributed by atoms with Gasteiger partial charge in [-0.25, -0.2) is 4.79 Å². The second-order valence-corrected chi connectivity index (χ2v) is 5.42. The molecule has 4 nitrogen and oxygen atoms in total. The van der Waals surface area contributed by atoms with Gasteiger partial charge in [0.2, 0.25) is 0 Å². The lowest BCUT2D eigenvalue weighted by Gasteiger charge is -1.99. The van der Waals surface area contributed by atoms with E-state index in [0.717, 1.165) is 6.07 Å². The van der Waals surface area contributed by atoms with Crippen molar-refractivity contribution in [1.82, 2.24) is 10.2 Å². The number of carbonyl (C=O) groups is 1. The van der Waals surface area contributed by atoms with Gasteiger partial charge in [-0.3, -0.25) is 5.10 Å². The first-order valence-electron chi connectivity index (χ1n) is 5.74. The summed E-state index contributed by atoms with van der Waals surface area (Å²) in [6, 6.07) is 7.15. The van der Waals surface area contributed by atoms with Gasteiger partial charge >= 0.3 is 12.1 Å². The van der Waals surface area contributed by atoms with Crippen LogP contribution in [0.5, 0.6) is 0 Å². The van der Waals surface area contributed by atoms with Crippen molar-refractivity contribution in [3.63, 3.8) is 0 Å². The van der Waals surface area contributed by atoms with Gasteiger partial charge in [0.15, 0.2) is 0 Å². The molecule has 0 unspecified atom stereocenters. The summed E-state index contributed by atoms with van der Waals surface area (Å²) in [5, 5.41) is 15.5. The standard InChI is InChI=1S/C13H7F3N2O2S/c14-13(15,16)11-4-7-3-6(1-2-10(7)21-11)8-5-9(12(19)20)18-17-8/h1-5H,(H,17,18)(H,19,20). The van der Waals surface area contributed by atoms with Gasteiger partial charge in [-0.15, -0.1) is 11.3 Å². The van der Waals surface area contributed by atoms with E-state index in [1.54, 1.807) is 18.2 Å². The van der Waals surface area contributed by atoms with E-state index >= 15 is 0 Å². The summed E-state index contributed by atoms with van der Waals surface area (Å²) in [6.07, 6.45) is -4.37. The Morgan fingerprint density at radius 1 is 1.24 bits per heavy atom. The smallest absolute Gasteiger partial charge is 0.425 e. The highest BCUT2D eigenvalue weighted by molar-refractivity contribution is 7.19. The molecule has 0 aliphatic heterocycles. The second-order valence-electron chi connectivity index (χ2n) is 4.33. The van der Waals surface area contributed by atoms with Gasteiger partial charge < -0.3 is 5.11 Å². The van der Waals surface area contributed by atoms with Crippen LogP contribution >= 0.6 is 11.3 Å². The third-order valence-corrected chi connectivity index (χ3v) is 4.06. The maximum Gasteiger partial charge on any atom is 0.425 e. The summed E-state index contributed by atoms with van der Waals surface area (Å²) in [5.41, 5.74) is 0.846. The first-order chi connectivity index (χ1) is 9.84. The molecule has 0 saturated carbocycles. The van der Waals surface area contributed by atoms with Crippen molar-refractivity contribution >= 4 is 27.4 Å². The molecule has 0 amide bonds. The van der Waals surface area contributed by atoms with Crippen LogP contribution in [0, 0.1) is 0 Å². The first kappa shape index (κ1) is 13.6. The average molecular weight is 312 g/mol. The number of carboxylic acids is 1. The molecule has 0 aliphatic carbocycles. The fraction of sp³-hybridized carbons (Fsp3) is 0.0769. The van der Waals surface area contributed by atoms with Crippen LogP contribution in [-0.2, 0) is 6.18 Å². The number of carboxylic acid groups (broad SMARTS) is 1. The Morgan fingerprint density at radius 2 is 2.00 bits per heavy atom. The lowest BCUT2D eigenvalue weighted by Crippen LogP contribution is -2.00. The summed E-state index contributed by atoms with van der Waals surface area (Å²) in [6.45, 7) is 0. The van der Waals surface area contributed by atoms with E-state index in [2.05, 4.69) is 10.2 Å². The molecule has 3 aromatic rings. The monoisotopic (exact) mass is 312 g/mol. The van der Waals surface area contributed by atoms with Crippen LogP contribution in [0.25, 0.3) is 21.3 Å². The molecule has 0 fully saturated rings. The van der Waals surface area contributed by atoms with E-state index in [9.17, 15) is 18.0 Å². The van der Waals surface area contributed by atoms with Crippen LogP contribution in [0.3, 0.4) is 0 Å². The van der Waals surface area contributed by atoms with Gasteiger partial charge in [-0.2, -0.15) is 18.3 Å². The highest BCUT2D eigenvalue weighted by Crippen LogP contribution is 2.39. The number of fused-ring (bicyclic) bond motifs is 1. The molecule has 2 aromatic heterocycles. The van der Waals surface area contributed by atoms with E-state index < -0.39 is 17.0 Å². The lowest BCUT2D eigenvalue weighted by molar-refractivity contribution is -0.134. The van der Waals surface area contributed by atoms with E-state index in [0.29, 0.717) is 32.7 Å². The van der Waals surface area contributed by atoms with Crippen molar-refractivity contribution in [3.8, 4) is 11.3 Å². The number of hydrogen-bond donors (Lipinski definition) is 2. The number of alkyl halides is 3. The molecule has 3 rings (SSSR count). The Kier molecular flexibility index (Phi) is 2.98. The molecule has 108 valence electrons. The third-order valence-electron chi connectivity index (χ3n) is 2.90. The molecule has 0 bridgehead atoms. The zero-order valence-electron chi connectivity index (χ0n) is 10.2.